The second-order valence-corrected chi connectivity index (χ2v) is 9.38. The smallest absolute Gasteiger partial charge is 0.271 e. The van der Waals surface area contributed by atoms with E-state index < -0.39 is 5.54 Å². The van der Waals surface area contributed by atoms with Crippen molar-refractivity contribution in [3.8, 4) is 5.75 Å². The van der Waals surface area contributed by atoms with Crippen LogP contribution in [-0.2, 0) is 24.4 Å². The number of hydrogen-bond acceptors (Lipinski definition) is 4. The van der Waals surface area contributed by atoms with E-state index in [9.17, 15) is 9.59 Å². The average Bonchev–Trinajstić information content (AvgIpc) is 3.43. The molecular weight excluding hydrogens is 434 g/mol. The molecule has 4 aromatic rings. The summed E-state index contributed by atoms with van der Waals surface area (Å²) in [6.45, 7) is 2.96. The van der Waals surface area contributed by atoms with Crippen LogP contribution in [0.15, 0.2) is 72.1 Å². The molecule has 168 valence electrons. The Labute approximate surface area is 196 Å². The van der Waals surface area contributed by atoms with E-state index in [2.05, 4.69) is 5.32 Å². The molecule has 33 heavy (non-hydrogen) atoms. The lowest BCUT2D eigenvalue weighted by Crippen LogP contribution is -2.63. The largest absolute Gasteiger partial charge is 0.497 e. The minimum Gasteiger partial charge on any atom is -0.497 e. The number of carbonyl (C=O) groups is 2. The summed E-state index contributed by atoms with van der Waals surface area (Å²) >= 11 is 1.59. The van der Waals surface area contributed by atoms with Crippen molar-refractivity contribution >= 4 is 33.4 Å². The van der Waals surface area contributed by atoms with Gasteiger partial charge in [0.15, 0.2) is 0 Å². The highest BCUT2D eigenvalue weighted by Crippen LogP contribution is 2.35. The Kier molecular flexibility index (Phi) is 5.42. The fourth-order valence-electron chi connectivity index (χ4n) is 4.43. The predicted molar refractivity (Wildman–Crippen MR) is 129 cm³/mol. The maximum Gasteiger partial charge on any atom is 0.271 e. The Morgan fingerprint density at radius 3 is 2.67 bits per heavy atom. The molecule has 7 heteroatoms. The van der Waals surface area contributed by atoms with Gasteiger partial charge >= 0.3 is 0 Å². The van der Waals surface area contributed by atoms with Crippen LogP contribution in [0.5, 0.6) is 5.75 Å². The second kappa shape index (κ2) is 8.41. The van der Waals surface area contributed by atoms with Gasteiger partial charge in [-0.05, 0) is 47.7 Å². The molecule has 0 unspecified atom stereocenters. The molecule has 0 fully saturated rings. The van der Waals surface area contributed by atoms with E-state index >= 15 is 0 Å². The Hall–Kier alpha value is -3.58. The van der Waals surface area contributed by atoms with Crippen molar-refractivity contribution in [3.05, 3.63) is 88.9 Å². The molecule has 0 aliphatic carbocycles. The topological polar surface area (TPSA) is 63.6 Å². The molecule has 1 aliphatic heterocycles. The highest BCUT2D eigenvalue weighted by molar-refractivity contribution is 7.16. The molecule has 2 aromatic heterocycles. The van der Waals surface area contributed by atoms with Crippen LogP contribution in [0.25, 0.3) is 10.2 Å². The van der Waals surface area contributed by atoms with Gasteiger partial charge in [-0.25, -0.2) is 0 Å². The zero-order valence-electron chi connectivity index (χ0n) is 18.6. The number of methoxy groups -OCH3 is 1. The number of amides is 2. The van der Waals surface area contributed by atoms with Crippen LogP contribution in [-0.4, -0.2) is 33.9 Å². The normalized spacial score (nSPS) is 17.8. The molecule has 6 nitrogen and oxygen atoms in total. The summed E-state index contributed by atoms with van der Waals surface area (Å²) in [5, 5.41) is 6.10. The van der Waals surface area contributed by atoms with Gasteiger partial charge < -0.3 is 19.5 Å². The van der Waals surface area contributed by atoms with Crippen LogP contribution in [0, 0.1) is 0 Å². The Balaban J connectivity index is 1.51. The molecule has 0 saturated heterocycles. The zero-order valence-corrected chi connectivity index (χ0v) is 19.4. The van der Waals surface area contributed by atoms with Gasteiger partial charge in [0, 0.05) is 18.5 Å². The lowest BCUT2D eigenvalue weighted by Gasteiger charge is -2.44. The summed E-state index contributed by atoms with van der Waals surface area (Å²) in [4.78, 5) is 30.1. The first-order valence-electron chi connectivity index (χ1n) is 10.8. The highest BCUT2D eigenvalue weighted by atomic mass is 32.1. The lowest BCUT2D eigenvalue weighted by atomic mass is 9.93. The summed E-state index contributed by atoms with van der Waals surface area (Å²) in [7, 11) is 1.62. The van der Waals surface area contributed by atoms with Crippen LogP contribution in [0.1, 0.15) is 28.5 Å². The third kappa shape index (κ3) is 3.78. The lowest BCUT2D eigenvalue weighted by molar-refractivity contribution is -0.133. The number of ether oxygens (including phenoxy) is 1. The van der Waals surface area contributed by atoms with Gasteiger partial charge in [-0.3, -0.25) is 9.59 Å². The van der Waals surface area contributed by atoms with Gasteiger partial charge in [-0.15, -0.1) is 11.3 Å². The van der Waals surface area contributed by atoms with Crippen LogP contribution >= 0.6 is 11.3 Å². The minimum atomic E-state index is -1.06. The van der Waals surface area contributed by atoms with Crippen molar-refractivity contribution in [2.45, 2.75) is 32.1 Å². The van der Waals surface area contributed by atoms with Gasteiger partial charge in [-0.1, -0.05) is 42.5 Å². The molecule has 0 spiro atoms. The first kappa shape index (κ1) is 21.3. The SMILES string of the molecule is COc1cccc(CN2C(=O)c3cc4ccsc4n3C[C@]2(C)C(=O)NCc2ccccc2)c1. The maximum absolute atomic E-state index is 13.7. The van der Waals surface area contributed by atoms with Gasteiger partial charge in [-0.2, -0.15) is 0 Å². The molecule has 1 atom stereocenters. The molecule has 0 radical (unpaired) electrons. The molecule has 2 amide bonds. The van der Waals surface area contributed by atoms with Gasteiger partial charge in [0.25, 0.3) is 5.91 Å². The van der Waals surface area contributed by atoms with Crippen LogP contribution in [0.4, 0.5) is 0 Å². The second-order valence-electron chi connectivity index (χ2n) is 8.48. The molecule has 1 aliphatic rings. The zero-order chi connectivity index (χ0) is 23.0. The molecular formula is C26H25N3O3S. The average molecular weight is 460 g/mol. The van der Waals surface area contributed by atoms with Crippen molar-refractivity contribution in [3.63, 3.8) is 0 Å². The molecule has 5 rings (SSSR count). The number of nitrogens with one attached hydrogen (secondary N) is 1. The molecule has 3 heterocycles. The van der Waals surface area contributed by atoms with E-state index in [0.717, 1.165) is 27.1 Å². The van der Waals surface area contributed by atoms with Crippen molar-refractivity contribution in [2.75, 3.05) is 7.11 Å². The number of rotatable bonds is 6. The summed E-state index contributed by atoms with van der Waals surface area (Å²) < 4.78 is 7.35. The molecule has 1 N–H and O–H groups in total. The number of thiophene rings is 1. The number of carbonyl (C=O) groups excluding carboxylic acids is 2. The molecule has 0 bridgehead atoms. The monoisotopic (exact) mass is 459 g/mol. The fourth-order valence-corrected chi connectivity index (χ4v) is 5.32. The first-order valence-corrected chi connectivity index (χ1v) is 11.7. The predicted octanol–water partition coefficient (Wildman–Crippen LogP) is 4.44. The number of fused-ring (bicyclic) bond motifs is 3. The van der Waals surface area contributed by atoms with Crippen LogP contribution in [0.3, 0.4) is 0 Å². The summed E-state index contributed by atoms with van der Waals surface area (Å²) in [5.74, 6) is 0.396. The van der Waals surface area contributed by atoms with E-state index in [1.54, 1.807) is 23.3 Å². The number of aromatic nitrogens is 1. The number of hydrogen-bond donors (Lipinski definition) is 1. The molecule has 2 aromatic carbocycles. The molecule has 0 saturated carbocycles. The minimum absolute atomic E-state index is 0.148. The van der Waals surface area contributed by atoms with Crippen molar-refractivity contribution in [1.82, 2.24) is 14.8 Å². The van der Waals surface area contributed by atoms with Crippen molar-refractivity contribution in [1.29, 1.82) is 0 Å². The van der Waals surface area contributed by atoms with Crippen molar-refractivity contribution in [2.24, 2.45) is 0 Å². The Morgan fingerprint density at radius 2 is 1.88 bits per heavy atom. The van der Waals surface area contributed by atoms with E-state index in [1.807, 2.05) is 83.6 Å². The van der Waals surface area contributed by atoms with Gasteiger partial charge in [0.05, 0.1) is 13.7 Å². The van der Waals surface area contributed by atoms with Crippen LogP contribution < -0.4 is 10.1 Å². The summed E-state index contributed by atoms with van der Waals surface area (Å²) in [6.07, 6.45) is 0. The Morgan fingerprint density at radius 1 is 1.09 bits per heavy atom. The van der Waals surface area contributed by atoms with E-state index in [0.29, 0.717) is 25.3 Å². The van der Waals surface area contributed by atoms with Gasteiger partial charge in [0.2, 0.25) is 5.91 Å². The van der Waals surface area contributed by atoms with Gasteiger partial charge in [0.1, 0.15) is 21.8 Å². The third-order valence-corrected chi connectivity index (χ3v) is 7.24. The summed E-state index contributed by atoms with van der Waals surface area (Å²) in [5.41, 5.74) is 1.48. The Bertz CT molecular complexity index is 1330. The van der Waals surface area contributed by atoms with E-state index in [1.165, 1.54) is 0 Å². The summed E-state index contributed by atoms with van der Waals surface area (Å²) in [6, 6.07) is 21.3. The number of nitrogens with zero attached hydrogens (tertiary/aromatic N) is 2. The number of benzene rings is 2. The maximum atomic E-state index is 13.7. The third-order valence-electron chi connectivity index (χ3n) is 6.29. The van der Waals surface area contributed by atoms with E-state index in [-0.39, 0.29) is 11.8 Å². The van der Waals surface area contributed by atoms with Crippen LogP contribution in [0.2, 0.25) is 0 Å². The fraction of sp³-hybridized carbons (Fsp3) is 0.231. The van der Waals surface area contributed by atoms with E-state index in [4.69, 9.17) is 4.74 Å². The standard InChI is InChI=1S/C26H25N3O3S/c1-26(25(31)27-15-18-7-4-3-5-8-18)17-28-22(14-20-11-12-33-24(20)28)23(30)29(26)16-19-9-6-10-21(13-19)32-2/h3-14H,15-17H2,1-2H3,(H,27,31)/t26-/m1/s1. The first-order chi connectivity index (χ1) is 16.0. The quantitative estimate of drug-likeness (QED) is 0.464. The van der Waals surface area contributed by atoms with Crippen molar-refractivity contribution < 1.29 is 14.3 Å². The highest BCUT2D eigenvalue weighted by Gasteiger charge is 2.47.